The summed E-state index contributed by atoms with van der Waals surface area (Å²) < 4.78 is 51.3. The first kappa shape index (κ1) is 20.9. The third-order valence-corrected chi connectivity index (χ3v) is 4.55. The summed E-state index contributed by atoms with van der Waals surface area (Å²) in [6, 6.07) is 6.55. The van der Waals surface area contributed by atoms with Crippen molar-refractivity contribution in [2.75, 3.05) is 32.1 Å². The first-order valence-corrected chi connectivity index (χ1v) is 9.11. The van der Waals surface area contributed by atoms with E-state index in [0.29, 0.717) is 29.7 Å². The average Bonchev–Trinajstić information content (AvgIpc) is 3.11. The average molecular weight is 403 g/mol. The molecule has 0 bridgehead atoms. The molecule has 0 aliphatic rings. The smallest absolute Gasteiger partial charge is 0.372 e. The number of rotatable bonds is 7. The largest absolute Gasteiger partial charge is 0.434 e. The van der Waals surface area contributed by atoms with Gasteiger partial charge >= 0.3 is 6.18 Å². The second kappa shape index (κ2) is 9.54. The molecule has 1 heterocycles. The fourth-order valence-electron chi connectivity index (χ4n) is 2.31. The number of benzene rings is 1. The van der Waals surface area contributed by atoms with Crippen LogP contribution in [0.4, 0.5) is 23.2 Å². The van der Waals surface area contributed by atoms with Crippen LogP contribution >= 0.6 is 11.3 Å². The summed E-state index contributed by atoms with van der Waals surface area (Å²) in [6.07, 6.45) is -3.71. The minimum absolute atomic E-state index is 0.148. The van der Waals surface area contributed by atoms with Gasteiger partial charge in [0.15, 0.2) is 11.7 Å². The van der Waals surface area contributed by atoms with E-state index in [-0.39, 0.29) is 12.4 Å². The Morgan fingerprint density at radius 3 is 2.63 bits per heavy atom. The molecule has 1 aromatic heterocycles. The van der Waals surface area contributed by atoms with Gasteiger partial charge in [0.05, 0.1) is 12.2 Å². The molecule has 0 aliphatic heterocycles. The van der Waals surface area contributed by atoms with Crippen molar-refractivity contribution in [1.82, 2.24) is 15.6 Å². The van der Waals surface area contributed by atoms with Crippen molar-refractivity contribution >= 4 is 23.0 Å². The number of nitrogens with zero attached hydrogens (tertiary/aromatic N) is 3. The summed E-state index contributed by atoms with van der Waals surface area (Å²) in [5.74, 6) is 0.194. The Morgan fingerprint density at radius 2 is 2.00 bits per heavy atom. The molecule has 0 radical (unpaired) electrons. The highest BCUT2D eigenvalue weighted by Gasteiger charge is 2.33. The standard InChI is InChI=1S/C17H21F4N5S/c1-22-16(24-10-15-25-14(11-27-15)17(19,20)21)23-8-5-9-26(2)13-7-4-3-6-12(13)18/h3-4,6-7,11H,5,8-10H2,1-2H3,(H2,22,23,24). The molecule has 0 aliphatic carbocycles. The van der Waals surface area contributed by atoms with Crippen LogP contribution in [0, 0.1) is 5.82 Å². The Morgan fingerprint density at radius 1 is 1.26 bits per heavy atom. The normalized spacial score (nSPS) is 12.1. The summed E-state index contributed by atoms with van der Waals surface area (Å²) in [7, 11) is 3.38. The van der Waals surface area contributed by atoms with E-state index in [1.165, 1.54) is 6.07 Å². The van der Waals surface area contributed by atoms with Gasteiger partial charge in [-0.25, -0.2) is 9.37 Å². The summed E-state index contributed by atoms with van der Waals surface area (Å²) >= 11 is 0.942. The van der Waals surface area contributed by atoms with Crippen molar-refractivity contribution in [3.63, 3.8) is 0 Å². The van der Waals surface area contributed by atoms with Crippen molar-refractivity contribution in [3.05, 3.63) is 46.2 Å². The second-order valence-electron chi connectivity index (χ2n) is 5.70. The van der Waals surface area contributed by atoms with E-state index in [0.717, 1.165) is 23.1 Å². The van der Waals surface area contributed by atoms with Gasteiger partial charge in [-0.2, -0.15) is 13.2 Å². The highest BCUT2D eigenvalue weighted by molar-refractivity contribution is 7.09. The van der Waals surface area contributed by atoms with E-state index < -0.39 is 11.9 Å². The Labute approximate surface area is 159 Å². The van der Waals surface area contributed by atoms with Crippen LogP contribution in [0.1, 0.15) is 17.1 Å². The van der Waals surface area contributed by atoms with E-state index in [9.17, 15) is 17.6 Å². The lowest BCUT2D eigenvalue weighted by molar-refractivity contribution is -0.140. The molecule has 0 saturated heterocycles. The highest BCUT2D eigenvalue weighted by Crippen LogP contribution is 2.29. The molecule has 27 heavy (non-hydrogen) atoms. The number of nitrogens with one attached hydrogen (secondary N) is 2. The van der Waals surface area contributed by atoms with Crippen molar-refractivity contribution in [3.8, 4) is 0 Å². The van der Waals surface area contributed by atoms with Crippen LogP contribution in [-0.2, 0) is 12.7 Å². The molecule has 0 amide bonds. The van der Waals surface area contributed by atoms with Gasteiger partial charge in [-0.05, 0) is 18.6 Å². The molecular formula is C17H21F4N5S. The number of halogens is 4. The van der Waals surface area contributed by atoms with Gasteiger partial charge in [0, 0.05) is 32.6 Å². The number of alkyl halides is 3. The van der Waals surface area contributed by atoms with E-state index in [1.54, 1.807) is 25.2 Å². The van der Waals surface area contributed by atoms with Gasteiger partial charge in [0.2, 0.25) is 0 Å². The molecule has 10 heteroatoms. The number of hydrogen-bond acceptors (Lipinski definition) is 4. The number of aromatic nitrogens is 1. The predicted octanol–water partition coefficient (Wildman–Crippen LogP) is 3.49. The monoisotopic (exact) mass is 403 g/mol. The Balaban J connectivity index is 1.73. The van der Waals surface area contributed by atoms with Gasteiger partial charge in [0.25, 0.3) is 0 Å². The molecule has 5 nitrogen and oxygen atoms in total. The van der Waals surface area contributed by atoms with Gasteiger partial charge in [-0.15, -0.1) is 11.3 Å². The van der Waals surface area contributed by atoms with Crippen LogP contribution in [0.5, 0.6) is 0 Å². The highest BCUT2D eigenvalue weighted by atomic mass is 32.1. The summed E-state index contributed by atoms with van der Waals surface area (Å²) in [6.45, 7) is 1.35. The van der Waals surface area contributed by atoms with Crippen LogP contribution in [0.25, 0.3) is 0 Å². The molecule has 2 rings (SSSR count). The molecule has 0 unspecified atom stereocenters. The lowest BCUT2D eigenvalue weighted by Crippen LogP contribution is -2.38. The minimum atomic E-state index is -4.43. The molecule has 0 fully saturated rings. The first-order valence-electron chi connectivity index (χ1n) is 8.23. The summed E-state index contributed by atoms with van der Waals surface area (Å²) in [4.78, 5) is 9.40. The van der Waals surface area contributed by atoms with E-state index in [2.05, 4.69) is 20.6 Å². The van der Waals surface area contributed by atoms with Crippen molar-refractivity contribution in [1.29, 1.82) is 0 Å². The van der Waals surface area contributed by atoms with Gasteiger partial charge in [0.1, 0.15) is 10.8 Å². The zero-order valence-corrected chi connectivity index (χ0v) is 15.8. The Hall–Kier alpha value is -2.36. The minimum Gasteiger partial charge on any atom is -0.372 e. The molecule has 0 saturated carbocycles. The first-order chi connectivity index (χ1) is 12.8. The third-order valence-electron chi connectivity index (χ3n) is 3.70. The number of aliphatic imine (C=N–C) groups is 1. The number of hydrogen-bond donors (Lipinski definition) is 2. The van der Waals surface area contributed by atoms with Crippen LogP contribution in [-0.4, -0.2) is 38.1 Å². The third kappa shape index (κ3) is 6.38. The molecule has 2 aromatic rings. The van der Waals surface area contributed by atoms with Crippen molar-refractivity contribution in [2.45, 2.75) is 19.1 Å². The summed E-state index contributed by atoms with van der Waals surface area (Å²) in [5, 5.41) is 7.31. The van der Waals surface area contributed by atoms with E-state index in [4.69, 9.17) is 0 Å². The topological polar surface area (TPSA) is 52.6 Å². The molecule has 148 valence electrons. The van der Waals surface area contributed by atoms with Gasteiger partial charge in [-0.1, -0.05) is 12.1 Å². The lowest BCUT2D eigenvalue weighted by atomic mass is 10.2. The maximum atomic E-state index is 13.7. The van der Waals surface area contributed by atoms with Crippen LogP contribution in [0.2, 0.25) is 0 Å². The van der Waals surface area contributed by atoms with Crippen molar-refractivity contribution < 1.29 is 17.6 Å². The zero-order chi connectivity index (χ0) is 19.9. The summed E-state index contributed by atoms with van der Waals surface area (Å²) in [5.41, 5.74) is -0.354. The lowest BCUT2D eigenvalue weighted by Gasteiger charge is -2.20. The van der Waals surface area contributed by atoms with Crippen molar-refractivity contribution in [2.24, 2.45) is 4.99 Å². The molecule has 1 aromatic carbocycles. The van der Waals surface area contributed by atoms with Crippen LogP contribution < -0.4 is 15.5 Å². The predicted molar refractivity (Wildman–Crippen MR) is 99.6 cm³/mol. The fraction of sp³-hybridized carbons (Fsp3) is 0.412. The quantitative estimate of drug-likeness (QED) is 0.322. The van der Waals surface area contributed by atoms with E-state index >= 15 is 0 Å². The fourth-order valence-corrected chi connectivity index (χ4v) is 3.05. The second-order valence-corrected chi connectivity index (χ2v) is 6.65. The number of guanidine groups is 1. The number of anilines is 1. The Bertz CT molecular complexity index is 760. The molecular weight excluding hydrogens is 382 g/mol. The molecule has 0 spiro atoms. The Kier molecular flexibility index (Phi) is 7.40. The van der Waals surface area contributed by atoms with Gasteiger partial charge in [-0.3, -0.25) is 4.99 Å². The van der Waals surface area contributed by atoms with Gasteiger partial charge < -0.3 is 15.5 Å². The van der Waals surface area contributed by atoms with Crippen LogP contribution in [0.15, 0.2) is 34.6 Å². The van der Waals surface area contributed by atoms with E-state index in [1.807, 2.05) is 11.9 Å². The van der Waals surface area contributed by atoms with Crippen LogP contribution in [0.3, 0.4) is 0 Å². The maximum Gasteiger partial charge on any atom is 0.434 e. The molecule has 2 N–H and O–H groups in total. The number of thiazole rings is 1. The SMILES string of the molecule is CN=C(NCCCN(C)c1ccccc1F)NCc1nc(C(F)(F)F)cs1. The zero-order valence-electron chi connectivity index (χ0n) is 15.0. The molecule has 0 atom stereocenters. The number of para-hydroxylation sites is 1. The maximum absolute atomic E-state index is 13.7.